The van der Waals surface area contributed by atoms with Crippen LogP contribution in [0.4, 0.5) is 0 Å². The van der Waals surface area contributed by atoms with Crippen LogP contribution in [-0.4, -0.2) is 15.0 Å². The molecule has 0 unspecified atom stereocenters. The van der Waals surface area contributed by atoms with Crippen LogP contribution in [0.3, 0.4) is 0 Å². The van der Waals surface area contributed by atoms with Crippen molar-refractivity contribution in [3.63, 3.8) is 0 Å². The maximum Gasteiger partial charge on any atom is 0.216 e. The first-order valence-electron chi connectivity index (χ1n) is 18.2. The summed E-state index contributed by atoms with van der Waals surface area (Å²) >= 11 is 0. The van der Waals surface area contributed by atoms with Gasteiger partial charge in [0, 0.05) is 53.2 Å². The third kappa shape index (κ3) is 8.03. The van der Waals surface area contributed by atoms with Crippen molar-refractivity contribution in [3.8, 4) is 22.5 Å². The minimum absolute atomic E-state index is 0. The van der Waals surface area contributed by atoms with Gasteiger partial charge in [-0.25, -0.2) is 4.98 Å². The van der Waals surface area contributed by atoms with Crippen LogP contribution in [0.5, 0.6) is 0 Å². The van der Waals surface area contributed by atoms with Gasteiger partial charge in [-0.05, 0) is 83.8 Å². The quantitative estimate of drug-likeness (QED) is 0.163. The molecule has 0 aliphatic carbocycles. The van der Waals surface area contributed by atoms with Crippen LogP contribution in [0.2, 0.25) is 0 Å². The maximum atomic E-state index is 8.90. The first-order valence-corrected chi connectivity index (χ1v) is 14.7. The molecule has 0 N–H and O–H groups in total. The Kier molecular flexibility index (Phi) is 7.71. The second-order valence-electron chi connectivity index (χ2n) is 11.8. The molecule has 0 aliphatic heterocycles. The number of rotatable bonds is 5. The van der Waals surface area contributed by atoms with E-state index in [4.69, 9.17) is 14.0 Å². The molecule has 5 heteroatoms. The summed E-state index contributed by atoms with van der Waals surface area (Å²) in [6.45, 7) is 5.17. The van der Waals surface area contributed by atoms with Crippen molar-refractivity contribution in [1.82, 2.24) is 15.0 Å². The Morgan fingerprint density at radius 3 is 2.35 bits per heavy atom. The summed E-state index contributed by atoms with van der Waals surface area (Å²) in [4.78, 5) is 13.0. The fourth-order valence-electron chi connectivity index (χ4n) is 4.87. The van der Waals surface area contributed by atoms with Crippen molar-refractivity contribution in [2.45, 2.75) is 47.3 Å². The van der Waals surface area contributed by atoms with Crippen LogP contribution >= 0.6 is 0 Å². The van der Waals surface area contributed by atoms with Gasteiger partial charge in [-0.15, -0.1) is 54.1 Å². The Morgan fingerprint density at radius 2 is 1.63 bits per heavy atom. The molecule has 0 saturated heterocycles. The van der Waals surface area contributed by atoms with Crippen LogP contribution < -0.4 is 0 Å². The molecular formula is C41H37IrN3O-2. The molecule has 7 rings (SSSR count). The van der Waals surface area contributed by atoms with E-state index in [-0.39, 0.29) is 31.5 Å². The van der Waals surface area contributed by atoms with Gasteiger partial charge in [0.05, 0.1) is 5.58 Å². The van der Waals surface area contributed by atoms with Crippen LogP contribution in [-0.2, 0) is 32.9 Å². The number of hydrogen-bond acceptors (Lipinski definition) is 4. The third-order valence-corrected chi connectivity index (χ3v) is 6.90. The average Bonchev–Trinajstić information content (AvgIpc) is 3.50. The van der Waals surface area contributed by atoms with Gasteiger partial charge in [-0.3, -0.25) is 0 Å². The number of pyridine rings is 3. The fourth-order valence-corrected chi connectivity index (χ4v) is 4.87. The standard InChI is InChI=1S/C29H27N2O.C12H10N.Ir/c1-19-8-13-24-23-6-5-7-25(27(23)32-28(24)31-19)26-17-22(14-15-30-26)16-20-9-11-21(12-10-20)18-29(2,3)4;1-10-7-8-12(13-9-10)11-5-3-2-4-6-11;/h5-6,8-15,17H,16,18H2,1-4H3;2-5,7-9H,1H3;/q2*-1;/i1D3,16D2,18D2;;. The first-order chi connectivity index (χ1) is 24.5. The Labute approximate surface area is 295 Å². The van der Waals surface area contributed by atoms with E-state index in [1.165, 1.54) is 17.8 Å². The average molecular weight is 787 g/mol. The zero-order valence-electron chi connectivity index (χ0n) is 33.0. The van der Waals surface area contributed by atoms with Gasteiger partial charge in [0.25, 0.3) is 0 Å². The van der Waals surface area contributed by atoms with Gasteiger partial charge < -0.3 is 14.4 Å². The van der Waals surface area contributed by atoms with Gasteiger partial charge in [0.1, 0.15) is 0 Å². The molecule has 0 saturated carbocycles. The molecule has 46 heavy (non-hydrogen) atoms. The third-order valence-electron chi connectivity index (χ3n) is 6.90. The first kappa shape index (κ1) is 24.7. The molecule has 0 spiro atoms. The van der Waals surface area contributed by atoms with E-state index in [2.05, 4.69) is 33.2 Å². The van der Waals surface area contributed by atoms with Crippen molar-refractivity contribution in [2.75, 3.05) is 0 Å². The summed E-state index contributed by atoms with van der Waals surface area (Å²) in [5, 5.41) is 1.39. The normalized spacial score (nSPS) is 14.3. The molecule has 4 aromatic heterocycles. The summed E-state index contributed by atoms with van der Waals surface area (Å²) in [5.74, 6) is 0. The zero-order valence-corrected chi connectivity index (χ0v) is 28.4. The van der Waals surface area contributed by atoms with Crippen LogP contribution in [0, 0.1) is 31.3 Å². The summed E-state index contributed by atoms with van der Waals surface area (Å²) in [6.07, 6.45) is -0.0729. The van der Waals surface area contributed by atoms with E-state index in [0.29, 0.717) is 38.9 Å². The molecule has 3 aromatic carbocycles. The number of furan rings is 1. The predicted molar refractivity (Wildman–Crippen MR) is 184 cm³/mol. The number of nitrogens with zero attached hydrogens (tertiary/aromatic N) is 3. The number of aromatic nitrogens is 3. The van der Waals surface area contributed by atoms with Crippen LogP contribution in [0.25, 0.3) is 44.6 Å². The Balaban J connectivity index is 0.000000325. The fraction of sp³-hybridized carbons (Fsp3) is 0.195. The van der Waals surface area contributed by atoms with E-state index >= 15 is 0 Å². The summed E-state index contributed by atoms with van der Waals surface area (Å²) in [5.41, 5.74) is 5.34. The number of aryl methyl sites for hydroxylation is 2. The summed E-state index contributed by atoms with van der Waals surface area (Å²) < 4.78 is 63.7. The zero-order chi connectivity index (χ0) is 37.5. The molecular weight excluding hydrogens is 743 g/mol. The number of fused-ring (bicyclic) bond motifs is 3. The smallest absolute Gasteiger partial charge is 0.216 e. The van der Waals surface area contributed by atoms with Crippen LogP contribution in [0.1, 0.15) is 58.3 Å². The van der Waals surface area contributed by atoms with Crippen molar-refractivity contribution in [2.24, 2.45) is 5.41 Å². The van der Waals surface area contributed by atoms with E-state index < -0.39 is 25.0 Å². The van der Waals surface area contributed by atoms with E-state index in [9.17, 15) is 0 Å². The topological polar surface area (TPSA) is 51.8 Å². The minimum atomic E-state index is -2.36. The molecule has 0 bridgehead atoms. The van der Waals surface area contributed by atoms with Gasteiger partial charge in [0.2, 0.25) is 5.71 Å². The molecule has 4 heterocycles. The largest absolute Gasteiger partial charge is 0.486 e. The monoisotopic (exact) mass is 787 g/mol. The van der Waals surface area contributed by atoms with E-state index in [1.54, 1.807) is 48.5 Å². The van der Waals surface area contributed by atoms with Crippen molar-refractivity contribution in [1.29, 1.82) is 0 Å². The molecule has 1 radical (unpaired) electrons. The second kappa shape index (κ2) is 14.3. The molecule has 4 nitrogen and oxygen atoms in total. The Hall–Kier alpha value is -4.44. The molecule has 7 aromatic rings. The summed E-state index contributed by atoms with van der Waals surface area (Å²) in [6, 6.07) is 34.7. The minimum Gasteiger partial charge on any atom is -0.486 e. The summed E-state index contributed by atoms with van der Waals surface area (Å²) in [7, 11) is 0. The maximum absolute atomic E-state index is 8.90. The molecule has 0 atom stereocenters. The van der Waals surface area contributed by atoms with Crippen molar-refractivity contribution in [3.05, 3.63) is 150 Å². The van der Waals surface area contributed by atoms with E-state index in [0.717, 1.165) is 16.6 Å². The van der Waals surface area contributed by atoms with Gasteiger partial charge >= 0.3 is 0 Å². The molecule has 0 fully saturated rings. The van der Waals surface area contributed by atoms with Crippen molar-refractivity contribution < 1.29 is 34.1 Å². The second-order valence-corrected chi connectivity index (χ2v) is 11.8. The molecule has 0 amide bonds. The van der Waals surface area contributed by atoms with Gasteiger partial charge in [0.15, 0.2) is 0 Å². The number of hydrogen-bond donors (Lipinski definition) is 0. The Bertz CT molecular complexity index is 2330. The Morgan fingerprint density at radius 1 is 0.804 bits per heavy atom. The van der Waals surface area contributed by atoms with Crippen molar-refractivity contribution >= 4 is 22.1 Å². The van der Waals surface area contributed by atoms with Gasteiger partial charge in [-0.2, -0.15) is 0 Å². The molecule has 233 valence electrons. The predicted octanol–water partition coefficient (Wildman–Crippen LogP) is 10.2. The van der Waals surface area contributed by atoms with Gasteiger partial charge in [-0.1, -0.05) is 74.2 Å². The van der Waals surface area contributed by atoms with E-state index in [1.807, 2.05) is 70.3 Å². The van der Waals surface area contributed by atoms with Crippen LogP contribution in [0.15, 0.2) is 114 Å². The molecule has 0 aliphatic rings. The SMILES string of the molecule is Cc1ccc(-c2[c-]cccc2)nc1.[2H]C([2H])([2H])c1ccc2c(n1)oc1c(-c3cc(C([2H])([2H])c4ccc(C([2H])([2H])C(C)(C)C)cc4)ccn3)[c-]ccc12.[Ir]. The number of benzene rings is 3.